The molecule has 1 amide bonds. The Hall–Kier alpha value is -2.69. The van der Waals surface area contributed by atoms with Crippen LogP contribution in [0, 0.1) is 5.82 Å². The van der Waals surface area contributed by atoms with Gasteiger partial charge in [0.1, 0.15) is 5.82 Å². The van der Waals surface area contributed by atoms with Crippen molar-refractivity contribution >= 4 is 11.9 Å². The summed E-state index contributed by atoms with van der Waals surface area (Å²) in [5, 5.41) is 2.91. The molecule has 0 unspecified atom stereocenters. The Morgan fingerprint density at radius 3 is 2.67 bits per heavy atom. The zero-order valence-corrected chi connectivity index (χ0v) is 13.1. The van der Waals surface area contributed by atoms with E-state index in [-0.39, 0.29) is 24.1 Å². The molecule has 0 spiro atoms. The lowest BCUT2D eigenvalue weighted by Crippen LogP contribution is -2.34. The van der Waals surface area contributed by atoms with E-state index in [1.165, 1.54) is 29.8 Å². The Bertz CT molecular complexity index is 743. The van der Waals surface area contributed by atoms with Crippen LogP contribution in [0.5, 0.6) is 0 Å². The van der Waals surface area contributed by atoms with Crippen LogP contribution in [-0.2, 0) is 16.0 Å². The van der Waals surface area contributed by atoms with E-state index in [0.717, 1.165) is 24.8 Å². The summed E-state index contributed by atoms with van der Waals surface area (Å²) in [6, 6.07) is 13.0. The number of amides is 1. The molecular weight excluding hydrogens is 309 g/mol. The molecule has 1 atom stereocenters. The highest BCUT2D eigenvalue weighted by molar-refractivity contribution is 5.91. The zero-order valence-electron chi connectivity index (χ0n) is 13.1. The fraction of sp³-hybridized carbons (Fsp3) is 0.263. The van der Waals surface area contributed by atoms with Crippen molar-refractivity contribution in [1.82, 2.24) is 5.32 Å². The SMILES string of the molecule is O=C(COC(=O)c1ccc(F)cc1)N[C@@H]1CCCc2ccccc21. The van der Waals surface area contributed by atoms with Crippen LogP contribution < -0.4 is 5.32 Å². The van der Waals surface area contributed by atoms with E-state index in [0.29, 0.717) is 0 Å². The number of carbonyl (C=O) groups is 2. The predicted octanol–water partition coefficient (Wildman–Crippen LogP) is 3.18. The van der Waals surface area contributed by atoms with Crippen LogP contribution >= 0.6 is 0 Å². The van der Waals surface area contributed by atoms with Gasteiger partial charge < -0.3 is 10.1 Å². The molecule has 0 bridgehead atoms. The summed E-state index contributed by atoms with van der Waals surface area (Å²) in [7, 11) is 0. The third-order valence-electron chi connectivity index (χ3n) is 4.12. The van der Waals surface area contributed by atoms with Crippen LogP contribution in [0.3, 0.4) is 0 Å². The van der Waals surface area contributed by atoms with Crippen molar-refractivity contribution < 1.29 is 18.7 Å². The molecule has 2 aromatic rings. The normalized spacial score (nSPS) is 16.1. The average Bonchev–Trinajstić information content (AvgIpc) is 2.61. The Labute approximate surface area is 139 Å². The molecule has 1 aliphatic rings. The summed E-state index contributed by atoms with van der Waals surface area (Å²) >= 11 is 0. The minimum atomic E-state index is -0.644. The minimum Gasteiger partial charge on any atom is -0.452 e. The number of aryl methyl sites for hydroxylation is 1. The fourth-order valence-corrected chi connectivity index (χ4v) is 2.94. The predicted molar refractivity (Wildman–Crippen MR) is 86.9 cm³/mol. The van der Waals surface area contributed by atoms with Crippen LogP contribution in [0.1, 0.15) is 40.4 Å². The molecule has 1 aliphatic carbocycles. The Morgan fingerprint density at radius 2 is 1.88 bits per heavy atom. The summed E-state index contributed by atoms with van der Waals surface area (Å²) < 4.78 is 17.8. The summed E-state index contributed by atoms with van der Waals surface area (Å²) in [5.74, 6) is -1.42. The Kier molecular flexibility index (Phi) is 4.89. The van der Waals surface area contributed by atoms with Crippen LogP contribution in [0.15, 0.2) is 48.5 Å². The molecule has 124 valence electrons. The van der Waals surface area contributed by atoms with Gasteiger partial charge >= 0.3 is 5.97 Å². The first kappa shape index (κ1) is 16.2. The first-order chi connectivity index (χ1) is 11.6. The molecule has 5 heteroatoms. The van der Waals surface area contributed by atoms with Crippen LogP contribution in [0.25, 0.3) is 0 Å². The van der Waals surface area contributed by atoms with E-state index >= 15 is 0 Å². The molecule has 1 N–H and O–H groups in total. The van der Waals surface area contributed by atoms with Gasteiger partial charge in [-0.1, -0.05) is 24.3 Å². The Balaban J connectivity index is 1.55. The fourth-order valence-electron chi connectivity index (χ4n) is 2.94. The number of fused-ring (bicyclic) bond motifs is 1. The number of rotatable bonds is 4. The highest BCUT2D eigenvalue weighted by Gasteiger charge is 2.21. The summed E-state index contributed by atoms with van der Waals surface area (Å²) in [4.78, 5) is 23.9. The molecule has 3 rings (SSSR count). The number of benzene rings is 2. The molecule has 0 heterocycles. The zero-order chi connectivity index (χ0) is 16.9. The maximum atomic E-state index is 12.8. The van der Waals surface area contributed by atoms with Gasteiger partial charge in [0.15, 0.2) is 6.61 Å². The highest BCUT2D eigenvalue weighted by atomic mass is 19.1. The van der Waals surface area contributed by atoms with Gasteiger partial charge in [0.05, 0.1) is 11.6 Å². The van der Waals surface area contributed by atoms with Crippen LogP contribution in [0.2, 0.25) is 0 Å². The third kappa shape index (κ3) is 3.79. The summed E-state index contributed by atoms with van der Waals surface area (Å²) in [6.45, 7) is -0.352. The van der Waals surface area contributed by atoms with Gasteiger partial charge in [-0.3, -0.25) is 4.79 Å². The van der Waals surface area contributed by atoms with Gasteiger partial charge in [-0.05, 0) is 54.7 Å². The molecule has 0 aliphatic heterocycles. The summed E-state index contributed by atoms with van der Waals surface area (Å²) in [5.41, 5.74) is 2.59. The molecule has 0 radical (unpaired) electrons. The molecule has 0 saturated carbocycles. The van der Waals surface area contributed by atoms with Gasteiger partial charge in [-0.15, -0.1) is 0 Å². The molecule has 0 saturated heterocycles. The molecule has 0 fully saturated rings. The largest absolute Gasteiger partial charge is 0.452 e. The molecule has 24 heavy (non-hydrogen) atoms. The number of esters is 1. The van der Waals surface area contributed by atoms with E-state index < -0.39 is 11.8 Å². The smallest absolute Gasteiger partial charge is 0.338 e. The molecule has 2 aromatic carbocycles. The minimum absolute atomic E-state index is 0.0491. The number of ether oxygens (including phenoxy) is 1. The maximum Gasteiger partial charge on any atom is 0.338 e. The number of nitrogens with one attached hydrogen (secondary N) is 1. The lowest BCUT2D eigenvalue weighted by molar-refractivity contribution is -0.125. The quantitative estimate of drug-likeness (QED) is 0.878. The van der Waals surface area contributed by atoms with Crippen molar-refractivity contribution in [3.05, 3.63) is 71.0 Å². The third-order valence-corrected chi connectivity index (χ3v) is 4.12. The first-order valence-electron chi connectivity index (χ1n) is 7.93. The molecule has 4 nitrogen and oxygen atoms in total. The number of hydrogen-bond donors (Lipinski definition) is 1. The Morgan fingerprint density at radius 1 is 1.12 bits per heavy atom. The lowest BCUT2D eigenvalue weighted by atomic mass is 9.88. The van der Waals surface area contributed by atoms with Crippen molar-refractivity contribution in [2.45, 2.75) is 25.3 Å². The van der Waals surface area contributed by atoms with E-state index in [1.807, 2.05) is 18.2 Å². The topological polar surface area (TPSA) is 55.4 Å². The summed E-state index contributed by atoms with van der Waals surface area (Å²) in [6.07, 6.45) is 2.90. The van der Waals surface area contributed by atoms with Crippen molar-refractivity contribution in [1.29, 1.82) is 0 Å². The first-order valence-corrected chi connectivity index (χ1v) is 7.93. The standard InChI is InChI=1S/C19H18FNO3/c20-15-10-8-14(9-11-15)19(23)24-12-18(22)21-17-7-3-5-13-4-1-2-6-16(13)17/h1-2,4,6,8-11,17H,3,5,7,12H2,(H,21,22)/t17-/m1/s1. The number of hydrogen-bond acceptors (Lipinski definition) is 3. The average molecular weight is 327 g/mol. The number of carbonyl (C=O) groups excluding carboxylic acids is 2. The van der Waals surface area contributed by atoms with Crippen molar-refractivity contribution in [2.24, 2.45) is 0 Å². The van der Waals surface area contributed by atoms with Crippen molar-refractivity contribution in [2.75, 3.05) is 6.61 Å². The van der Waals surface area contributed by atoms with Gasteiger partial charge in [-0.2, -0.15) is 0 Å². The van der Waals surface area contributed by atoms with E-state index in [2.05, 4.69) is 11.4 Å². The highest BCUT2D eigenvalue weighted by Crippen LogP contribution is 2.29. The number of halogens is 1. The van der Waals surface area contributed by atoms with E-state index in [4.69, 9.17) is 4.74 Å². The van der Waals surface area contributed by atoms with E-state index in [9.17, 15) is 14.0 Å². The van der Waals surface area contributed by atoms with Crippen LogP contribution in [-0.4, -0.2) is 18.5 Å². The lowest BCUT2D eigenvalue weighted by Gasteiger charge is -2.26. The van der Waals surface area contributed by atoms with Crippen LogP contribution in [0.4, 0.5) is 4.39 Å². The second-order valence-corrected chi connectivity index (χ2v) is 5.79. The van der Waals surface area contributed by atoms with Gasteiger partial charge in [0, 0.05) is 0 Å². The van der Waals surface area contributed by atoms with E-state index in [1.54, 1.807) is 0 Å². The molecule has 0 aromatic heterocycles. The monoisotopic (exact) mass is 327 g/mol. The van der Waals surface area contributed by atoms with Gasteiger partial charge in [0.25, 0.3) is 5.91 Å². The van der Waals surface area contributed by atoms with Gasteiger partial charge in [-0.25, -0.2) is 9.18 Å². The van der Waals surface area contributed by atoms with Gasteiger partial charge in [0.2, 0.25) is 0 Å². The van der Waals surface area contributed by atoms with Crippen molar-refractivity contribution in [3.8, 4) is 0 Å². The second kappa shape index (κ2) is 7.25. The maximum absolute atomic E-state index is 12.8. The second-order valence-electron chi connectivity index (χ2n) is 5.79. The molecular formula is C19H18FNO3. The van der Waals surface area contributed by atoms with Crippen molar-refractivity contribution in [3.63, 3.8) is 0 Å².